The van der Waals surface area contributed by atoms with Crippen molar-refractivity contribution in [3.63, 3.8) is 0 Å². The minimum atomic E-state index is -0.113. The first-order chi connectivity index (χ1) is 7.78. The van der Waals surface area contributed by atoms with Gasteiger partial charge in [-0.2, -0.15) is 0 Å². The van der Waals surface area contributed by atoms with Crippen molar-refractivity contribution < 1.29 is 9.52 Å². The number of rotatable bonds is 3. The van der Waals surface area contributed by atoms with Gasteiger partial charge < -0.3 is 9.52 Å². The molecule has 3 nitrogen and oxygen atoms in total. The fourth-order valence-corrected chi connectivity index (χ4v) is 1.34. The number of halogens is 1. The van der Waals surface area contributed by atoms with Crippen LogP contribution in [0.1, 0.15) is 17.1 Å². The van der Waals surface area contributed by atoms with Gasteiger partial charge in [0.15, 0.2) is 0 Å². The summed E-state index contributed by atoms with van der Waals surface area (Å²) in [6.45, 7) is -0.113. The summed E-state index contributed by atoms with van der Waals surface area (Å²) < 4.78 is 5.12. The molecule has 0 spiro atoms. The molecule has 0 radical (unpaired) electrons. The molecular formula is C12H10ClNO2. The van der Waals surface area contributed by atoms with Gasteiger partial charge in [-0.15, -0.1) is 0 Å². The van der Waals surface area contributed by atoms with Crippen LogP contribution in [-0.4, -0.2) is 10.1 Å². The highest BCUT2D eigenvalue weighted by Gasteiger charge is 1.98. The van der Waals surface area contributed by atoms with E-state index in [1.165, 1.54) is 6.26 Å². The monoisotopic (exact) mass is 235 g/mol. The van der Waals surface area contributed by atoms with Gasteiger partial charge >= 0.3 is 0 Å². The van der Waals surface area contributed by atoms with E-state index in [1.54, 1.807) is 6.08 Å². The van der Waals surface area contributed by atoms with Crippen LogP contribution in [0.4, 0.5) is 0 Å². The molecule has 1 aromatic carbocycles. The lowest BCUT2D eigenvalue weighted by Gasteiger charge is -1.92. The lowest BCUT2D eigenvalue weighted by molar-refractivity contribution is 0.276. The maximum atomic E-state index is 8.81. The molecule has 1 N–H and O–H groups in total. The Hall–Kier alpha value is -1.58. The Balaban J connectivity index is 2.11. The second-order valence-corrected chi connectivity index (χ2v) is 3.66. The van der Waals surface area contributed by atoms with Gasteiger partial charge in [0.1, 0.15) is 12.0 Å². The third kappa shape index (κ3) is 2.72. The molecule has 0 fully saturated rings. The maximum absolute atomic E-state index is 8.81. The number of oxazole rings is 1. The van der Waals surface area contributed by atoms with Crippen molar-refractivity contribution in [3.8, 4) is 0 Å². The maximum Gasteiger partial charge on any atom is 0.218 e. The summed E-state index contributed by atoms with van der Waals surface area (Å²) in [7, 11) is 0. The van der Waals surface area contributed by atoms with E-state index < -0.39 is 0 Å². The molecule has 0 unspecified atom stereocenters. The van der Waals surface area contributed by atoms with Crippen molar-refractivity contribution in [3.05, 3.63) is 52.7 Å². The number of benzene rings is 1. The Kier molecular flexibility index (Phi) is 3.39. The van der Waals surface area contributed by atoms with Gasteiger partial charge in [-0.25, -0.2) is 4.98 Å². The van der Waals surface area contributed by atoms with E-state index in [-0.39, 0.29) is 6.61 Å². The summed E-state index contributed by atoms with van der Waals surface area (Å²) in [6, 6.07) is 7.43. The highest BCUT2D eigenvalue weighted by atomic mass is 35.5. The summed E-state index contributed by atoms with van der Waals surface area (Å²) in [5, 5.41) is 9.51. The van der Waals surface area contributed by atoms with Crippen LogP contribution in [-0.2, 0) is 6.61 Å². The summed E-state index contributed by atoms with van der Waals surface area (Å²) in [6.07, 6.45) is 5.03. The molecule has 0 aliphatic heterocycles. The zero-order valence-electron chi connectivity index (χ0n) is 8.43. The average Bonchev–Trinajstić information content (AvgIpc) is 2.76. The number of aliphatic hydroxyl groups excluding tert-OH is 1. The first-order valence-corrected chi connectivity index (χ1v) is 5.14. The molecule has 0 amide bonds. The third-order valence-electron chi connectivity index (χ3n) is 2.02. The Morgan fingerprint density at radius 3 is 2.62 bits per heavy atom. The van der Waals surface area contributed by atoms with E-state index in [9.17, 15) is 0 Å². The van der Waals surface area contributed by atoms with Gasteiger partial charge in [0.05, 0.1) is 6.61 Å². The lowest BCUT2D eigenvalue weighted by Crippen LogP contribution is -1.81. The molecule has 0 atom stereocenters. The molecule has 0 aliphatic rings. The van der Waals surface area contributed by atoms with Crippen LogP contribution in [0.5, 0.6) is 0 Å². The first-order valence-electron chi connectivity index (χ1n) is 4.77. The third-order valence-corrected chi connectivity index (χ3v) is 2.27. The number of aromatic nitrogens is 1. The summed E-state index contributed by atoms with van der Waals surface area (Å²) in [5.74, 6) is 0.471. The lowest BCUT2D eigenvalue weighted by atomic mass is 10.2. The zero-order valence-corrected chi connectivity index (χ0v) is 9.19. The van der Waals surface area contributed by atoms with E-state index in [0.717, 1.165) is 5.56 Å². The number of nitrogens with zero attached hydrogens (tertiary/aromatic N) is 1. The molecule has 0 saturated heterocycles. The van der Waals surface area contributed by atoms with Crippen LogP contribution in [0.25, 0.3) is 12.2 Å². The minimum absolute atomic E-state index is 0.113. The first kappa shape index (κ1) is 10.9. The Bertz CT molecular complexity index is 488. The second-order valence-electron chi connectivity index (χ2n) is 3.22. The van der Waals surface area contributed by atoms with Gasteiger partial charge in [-0.1, -0.05) is 23.7 Å². The van der Waals surface area contributed by atoms with Crippen LogP contribution in [0.3, 0.4) is 0 Å². The number of hydrogen-bond acceptors (Lipinski definition) is 3. The van der Waals surface area contributed by atoms with Crippen LogP contribution >= 0.6 is 11.6 Å². The topological polar surface area (TPSA) is 46.3 Å². The van der Waals surface area contributed by atoms with Gasteiger partial charge in [-0.05, 0) is 23.8 Å². The van der Waals surface area contributed by atoms with E-state index in [4.69, 9.17) is 21.1 Å². The van der Waals surface area contributed by atoms with Gasteiger partial charge in [0.25, 0.3) is 0 Å². The van der Waals surface area contributed by atoms with E-state index in [1.807, 2.05) is 30.3 Å². The van der Waals surface area contributed by atoms with Gasteiger partial charge in [-0.3, -0.25) is 0 Å². The van der Waals surface area contributed by atoms with Gasteiger partial charge in [0, 0.05) is 11.1 Å². The van der Waals surface area contributed by atoms with E-state index in [2.05, 4.69) is 4.98 Å². The summed E-state index contributed by atoms with van der Waals surface area (Å²) >= 11 is 5.77. The molecule has 0 bridgehead atoms. The molecule has 0 saturated carbocycles. The quantitative estimate of drug-likeness (QED) is 0.890. The van der Waals surface area contributed by atoms with Crippen molar-refractivity contribution in [2.24, 2.45) is 0 Å². The minimum Gasteiger partial charge on any atom is -0.445 e. The predicted octanol–water partition coefficient (Wildman–Crippen LogP) is 2.99. The van der Waals surface area contributed by atoms with Crippen molar-refractivity contribution in [2.75, 3.05) is 0 Å². The van der Waals surface area contributed by atoms with Crippen molar-refractivity contribution >= 4 is 23.8 Å². The van der Waals surface area contributed by atoms with Crippen LogP contribution in [0, 0.1) is 0 Å². The predicted molar refractivity (Wildman–Crippen MR) is 62.8 cm³/mol. The molecule has 4 heteroatoms. The number of hydrogen-bond donors (Lipinski definition) is 1. The Labute approximate surface area is 98.0 Å². The smallest absolute Gasteiger partial charge is 0.218 e. The molecule has 1 aromatic heterocycles. The molecule has 0 aliphatic carbocycles. The molecular weight excluding hydrogens is 226 g/mol. The van der Waals surface area contributed by atoms with Crippen molar-refractivity contribution in [2.45, 2.75) is 6.61 Å². The van der Waals surface area contributed by atoms with Crippen LogP contribution < -0.4 is 0 Å². The van der Waals surface area contributed by atoms with Gasteiger partial charge in [0.2, 0.25) is 5.89 Å². The number of aliphatic hydroxyl groups is 1. The zero-order chi connectivity index (χ0) is 11.4. The summed E-state index contributed by atoms with van der Waals surface area (Å²) in [4.78, 5) is 4.03. The SMILES string of the molecule is OCc1coc(C=Cc2ccc(Cl)cc2)n1. The van der Waals surface area contributed by atoms with Crippen LogP contribution in [0.2, 0.25) is 5.02 Å². The second kappa shape index (κ2) is 4.96. The molecule has 2 aromatic rings. The summed E-state index contributed by atoms with van der Waals surface area (Å²) in [5.41, 5.74) is 1.53. The Morgan fingerprint density at radius 1 is 1.25 bits per heavy atom. The highest BCUT2D eigenvalue weighted by Crippen LogP contribution is 2.12. The average molecular weight is 236 g/mol. The van der Waals surface area contributed by atoms with E-state index >= 15 is 0 Å². The van der Waals surface area contributed by atoms with Crippen molar-refractivity contribution in [1.82, 2.24) is 4.98 Å². The largest absolute Gasteiger partial charge is 0.445 e. The highest BCUT2D eigenvalue weighted by molar-refractivity contribution is 6.30. The van der Waals surface area contributed by atoms with E-state index in [0.29, 0.717) is 16.6 Å². The molecule has 82 valence electrons. The molecule has 16 heavy (non-hydrogen) atoms. The standard InChI is InChI=1S/C12H10ClNO2/c13-10-4-1-9(2-5-10)3-6-12-14-11(7-15)8-16-12/h1-6,8,15H,7H2. The fourth-order valence-electron chi connectivity index (χ4n) is 1.21. The fraction of sp³-hybridized carbons (Fsp3) is 0.0833. The normalized spacial score (nSPS) is 11.1. The Morgan fingerprint density at radius 2 is 2.00 bits per heavy atom. The van der Waals surface area contributed by atoms with Crippen molar-refractivity contribution in [1.29, 1.82) is 0 Å². The van der Waals surface area contributed by atoms with Crippen LogP contribution in [0.15, 0.2) is 34.9 Å². The molecule has 1 heterocycles. The molecule has 2 rings (SSSR count).